The molecule has 6 heteroatoms. The summed E-state index contributed by atoms with van der Waals surface area (Å²) in [6.45, 7) is 1.92. The molecule has 0 aliphatic carbocycles. The fourth-order valence-electron chi connectivity index (χ4n) is 1.65. The van der Waals surface area contributed by atoms with Crippen molar-refractivity contribution in [3.63, 3.8) is 0 Å². The Morgan fingerprint density at radius 1 is 1.62 bits per heavy atom. The summed E-state index contributed by atoms with van der Waals surface area (Å²) in [6.07, 6.45) is -0.340. The van der Waals surface area contributed by atoms with Gasteiger partial charge >= 0.3 is 0 Å². The van der Waals surface area contributed by atoms with E-state index in [1.54, 1.807) is 6.07 Å². The summed E-state index contributed by atoms with van der Waals surface area (Å²) in [6, 6.07) is 1.79. The molecule has 0 bridgehead atoms. The lowest BCUT2D eigenvalue weighted by molar-refractivity contribution is 0.0927. The van der Waals surface area contributed by atoms with Crippen molar-refractivity contribution in [1.82, 2.24) is 10.6 Å². The maximum Gasteiger partial charge on any atom is 0.252 e. The molecule has 1 aromatic rings. The summed E-state index contributed by atoms with van der Waals surface area (Å²) >= 11 is 1.50. The van der Waals surface area contributed by atoms with Crippen LogP contribution in [0.3, 0.4) is 0 Å². The second-order valence-electron chi connectivity index (χ2n) is 3.71. The number of aliphatic hydroxyl groups is 1. The van der Waals surface area contributed by atoms with E-state index in [2.05, 4.69) is 10.6 Å². The first-order chi connectivity index (χ1) is 7.27. The van der Waals surface area contributed by atoms with E-state index in [0.29, 0.717) is 18.7 Å². The fourth-order valence-corrected chi connectivity index (χ4v) is 2.28. The van der Waals surface area contributed by atoms with Crippen LogP contribution < -0.4 is 10.6 Å². The highest BCUT2D eigenvalue weighted by atomic mass is 35.5. The Labute approximate surface area is 104 Å². The highest BCUT2D eigenvalue weighted by molar-refractivity contribution is 7.08. The average Bonchev–Trinajstić information content (AvgIpc) is 2.85. The first-order valence-corrected chi connectivity index (χ1v) is 5.91. The third-order valence-electron chi connectivity index (χ3n) is 2.61. The average molecular weight is 263 g/mol. The minimum Gasteiger partial charge on any atom is -0.391 e. The molecule has 90 valence electrons. The zero-order valence-electron chi connectivity index (χ0n) is 8.68. The lowest BCUT2D eigenvalue weighted by Gasteiger charge is -2.13. The topological polar surface area (TPSA) is 61.4 Å². The Kier molecular flexibility index (Phi) is 5.21. The van der Waals surface area contributed by atoms with Gasteiger partial charge < -0.3 is 15.7 Å². The van der Waals surface area contributed by atoms with Crippen LogP contribution in [0.1, 0.15) is 10.4 Å². The summed E-state index contributed by atoms with van der Waals surface area (Å²) in [5.41, 5.74) is 0.695. The van der Waals surface area contributed by atoms with Crippen LogP contribution in [-0.2, 0) is 0 Å². The summed E-state index contributed by atoms with van der Waals surface area (Å²) < 4.78 is 0. The molecule has 4 nitrogen and oxygen atoms in total. The number of nitrogens with one attached hydrogen (secondary N) is 2. The second-order valence-corrected chi connectivity index (χ2v) is 4.49. The first kappa shape index (κ1) is 13.4. The van der Waals surface area contributed by atoms with Gasteiger partial charge in [0, 0.05) is 36.5 Å². The van der Waals surface area contributed by atoms with Crippen LogP contribution in [0.15, 0.2) is 16.8 Å². The van der Waals surface area contributed by atoms with Crippen LogP contribution >= 0.6 is 23.7 Å². The molecular formula is C10H15ClN2O2S. The Bertz CT molecular complexity index is 332. The zero-order valence-corrected chi connectivity index (χ0v) is 10.3. The summed E-state index contributed by atoms with van der Waals surface area (Å²) in [5, 5.41) is 19.1. The number of carbonyl (C=O) groups is 1. The van der Waals surface area contributed by atoms with Crippen molar-refractivity contribution in [3.8, 4) is 0 Å². The van der Waals surface area contributed by atoms with Gasteiger partial charge in [-0.15, -0.1) is 12.4 Å². The van der Waals surface area contributed by atoms with Crippen molar-refractivity contribution >= 4 is 29.7 Å². The Morgan fingerprint density at radius 3 is 3.00 bits per heavy atom. The molecule has 1 aliphatic rings. The molecular weight excluding hydrogens is 248 g/mol. The van der Waals surface area contributed by atoms with Crippen LogP contribution in [0.2, 0.25) is 0 Å². The predicted molar refractivity (Wildman–Crippen MR) is 66.3 cm³/mol. The molecule has 1 amide bonds. The third-order valence-corrected chi connectivity index (χ3v) is 3.30. The SMILES string of the molecule is Cl.O=C(NCC1CNCC1O)c1ccsc1. The van der Waals surface area contributed by atoms with E-state index in [1.165, 1.54) is 11.3 Å². The molecule has 2 heterocycles. The lowest BCUT2D eigenvalue weighted by Crippen LogP contribution is -2.34. The molecule has 1 aromatic heterocycles. The van der Waals surface area contributed by atoms with Gasteiger partial charge in [-0.05, 0) is 11.4 Å². The summed E-state index contributed by atoms with van der Waals surface area (Å²) in [4.78, 5) is 11.6. The highest BCUT2D eigenvalue weighted by Crippen LogP contribution is 2.09. The molecule has 1 fully saturated rings. The molecule has 16 heavy (non-hydrogen) atoms. The number of thiophene rings is 1. The molecule has 2 unspecified atom stereocenters. The van der Waals surface area contributed by atoms with Crippen LogP contribution in [0.4, 0.5) is 0 Å². The number of carbonyl (C=O) groups excluding carboxylic acids is 1. The number of hydrogen-bond donors (Lipinski definition) is 3. The maximum absolute atomic E-state index is 11.6. The summed E-state index contributed by atoms with van der Waals surface area (Å²) in [7, 11) is 0. The normalized spacial score (nSPS) is 23.8. The van der Waals surface area contributed by atoms with Gasteiger partial charge in [0.25, 0.3) is 5.91 Å². The predicted octanol–water partition coefficient (Wildman–Crippen LogP) is 0.480. The molecule has 3 N–H and O–H groups in total. The van der Waals surface area contributed by atoms with E-state index in [4.69, 9.17) is 0 Å². The molecule has 1 saturated heterocycles. The van der Waals surface area contributed by atoms with Crippen LogP contribution in [-0.4, -0.2) is 36.8 Å². The van der Waals surface area contributed by atoms with E-state index < -0.39 is 0 Å². The van der Waals surface area contributed by atoms with Gasteiger partial charge in [0.1, 0.15) is 0 Å². The van der Waals surface area contributed by atoms with Crippen LogP contribution in [0, 0.1) is 5.92 Å². The largest absolute Gasteiger partial charge is 0.391 e. The Morgan fingerprint density at radius 2 is 2.44 bits per heavy atom. The maximum atomic E-state index is 11.6. The third kappa shape index (κ3) is 3.18. The van der Waals surface area contributed by atoms with Gasteiger partial charge in [-0.2, -0.15) is 11.3 Å². The summed E-state index contributed by atoms with van der Waals surface area (Å²) in [5.74, 6) is 0.0722. The van der Waals surface area contributed by atoms with Gasteiger partial charge in [0.2, 0.25) is 0 Å². The van der Waals surface area contributed by atoms with Crippen molar-refractivity contribution in [3.05, 3.63) is 22.4 Å². The number of aliphatic hydroxyl groups excluding tert-OH is 1. The Balaban J connectivity index is 0.00000128. The molecule has 2 atom stereocenters. The number of β-amino-alcohol motifs (C(OH)–C–C–N with tert-alkyl or cyclic N) is 1. The van der Waals surface area contributed by atoms with Gasteiger partial charge in [0.15, 0.2) is 0 Å². The standard InChI is InChI=1S/C10H14N2O2S.ClH/c13-9-5-11-3-8(9)4-12-10(14)7-1-2-15-6-7;/h1-2,6,8-9,11,13H,3-5H2,(H,12,14);1H. The fraction of sp³-hybridized carbons (Fsp3) is 0.500. The van der Waals surface area contributed by atoms with E-state index >= 15 is 0 Å². The van der Waals surface area contributed by atoms with E-state index in [9.17, 15) is 9.90 Å². The van der Waals surface area contributed by atoms with E-state index in [-0.39, 0.29) is 30.3 Å². The lowest BCUT2D eigenvalue weighted by atomic mass is 10.1. The zero-order chi connectivity index (χ0) is 10.7. The second kappa shape index (κ2) is 6.20. The number of rotatable bonds is 3. The monoisotopic (exact) mass is 262 g/mol. The van der Waals surface area contributed by atoms with Crippen LogP contribution in [0.5, 0.6) is 0 Å². The van der Waals surface area contributed by atoms with Crippen LogP contribution in [0.25, 0.3) is 0 Å². The Hall–Kier alpha value is -0.620. The van der Waals surface area contributed by atoms with Gasteiger partial charge in [-0.3, -0.25) is 4.79 Å². The molecule has 2 rings (SSSR count). The van der Waals surface area contributed by atoms with Crippen molar-refractivity contribution < 1.29 is 9.90 Å². The molecule has 0 radical (unpaired) electrons. The molecule has 0 spiro atoms. The van der Waals surface area contributed by atoms with Crippen molar-refractivity contribution in [2.75, 3.05) is 19.6 Å². The van der Waals surface area contributed by atoms with E-state index in [1.807, 2.05) is 10.8 Å². The minimum absolute atomic E-state index is 0. The van der Waals surface area contributed by atoms with Gasteiger partial charge in [0.05, 0.1) is 6.10 Å². The number of amides is 1. The van der Waals surface area contributed by atoms with E-state index in [0.717, 1.165) is 6.54 Å². The number of hydrogen-bond acceptors (Lipinski definition) is 4. The van der Waals surface area contributed by atoms with Crippen molar-refractivity contribution in [2.24, 2.45) is 5.92 Å². The van der Waals surface area contributed by atoms with Gasteiger partial charge in [-0.25, -0.2) is 0 Å². The van der Waals surface area contributed by atoms with Crippen molar-refractivity contribution in [2.45, 2.75) is 6.10 Å². The van der Waals surface area contributed by atoms with Crippen molar-refractivity contribution in [1.29, 1.82) is 0 Å². The molecule has 0 saturated carbocycles. The molecule has 1 aliphatic heterocycles. The highest BCUT2D eigenvalue weighted by Gasteiger charge is 2.25. The van der Waals surface area contributed by atoms with Gasteiger partial charge in [-0.1, -0.05) is 0 Å². The quantitative estimate of drug-likeness (QED) is 0.743. The number of halogens is 1. The first-order valence-electron chi connectivity index (χ1n) is 4.96. The minimum atomic E-state index is -0.340. The smallest absolute Gasteiger partial charge is 0.252 e. The molecule has 0 aromatic carbocycles.